The molecule has 1 amide bonds. The van der Waals surface area contributed by atoms with Crippen molar-refractivity contribution in [2.45, 2.75) is 33.3 Å². The van der Waals surface area contributed by atoms with Crippen LogP contribution in [-0.2, 0) is 9.47 Å². The van der Waals surface area contributed by atoms with Gasteiger partial charge in [0.1, 0.15) is 23.8 Å². The first-order valence-electron chi connectivity index (χ1n) is 9.75. The number of halogens is 1. The molecule has 1 saturated heterocycles. The van der Waals surface area contributed by atoms with Gasteiger partial charge in [-0.1, -0.05) is 0 Å². The lowest BCUT2D eigenvalue weighted by Crippen LogP contribution is -2.35. The van der Waals surface area contributed by atoms with Crippen LogP contribution >= 0.6 is 0 Å². The fourth-order valence-electron chi connectivity index (χ4n) is 3.50. The summed E-state index contributed by atoms with van der Waals surface area (Å²) in [4.78, 5) is 14.1. The second-order valence-electron chi connectivity index (χ2n) is 8.35. The lowest BCUT2D eigenvalue weighted by molar-refractivity contribution is 0.0294. The number of allylic oxidation sites excluding steroid dienone is 1. The van der Waals surface area contributed by atoms with Crippen molar-refractivity contribution in [2.24, 2.45) is 5.92 Å². The number of hydrogen-bond acceptors (Lipinski definition) is 4. The van der Waals surface area contributed by atoms with Crippen molar-refractivity contribution in [3.63, 3.8) is 0 Å². The summed E-state index contributed by atoms with van der Waals surface area (Å²) < 4.78 is 30.2. The number of ether oxygens (including phenoxy) is 3. The van der Waals surface area contributed by atoms with E-state index in [9.17, 15) is 9.18 Å². The minimum Gasteiger partial charge on any atom is -0.490 e. The van der Waals surface area contributed by atoms with Gasteiger partial charge in [0, 0.05) is 43.3 Å². The Morgan fingerprint density at radius 2 is 2.07 bits per heavy atom. The third-order valence-corrected chi connectivity index (χ3v) is 4.77. The number of benzene rings is 1. The topological polar surface area (TPSA) is 48.0 Å². The molecule has 2 aliphatic rings. The minimum atomic E-state index is -0.530. The quantitative estimate of drug-likeness (QED) is 0.538. The molecule has 156 valence electrons. The van der Waals surface area contributed by atoms with E-state index in [-0.39, 0.29) is 17.8 Å². The maximum Gasteiger partial charge on any atom is 0.410 e. The number of carbonyl (C=O) groups is 1. The second-order valence-corrected chi connectivity index (χ2v) is 8.35. The normalized spacial score (nSPS) is 18.3. The Balaban J connectivity index is 1.84. The number of nitrogens with zero attached hydrogens (tertiary/aromatic N) is 1. The van der Waals surface area contributed by atoms with Gasteiger partial charge in [0.05, 0.1) is 6.61 Å². The van der Waals surface area contributed by atoms with Crippen molar-refractivity contribution >= 4 is 11.7 Å². The van der Waals surface area contributed by atoms with Gasteiger partial charge >= 0.3 is 6.09 Å². The lowest BCUT2D eigenvalue weighted by Gasteiger charge is -2.24. The molecular weight excluding hydrogens is 373 g/mol. The highest BCUT2D eigenvalue weighted by atomic mass is 19.1. The van der Waals surface area contributed by atoms with Crippen LogP contribution in [0.4, 0.5) is 9.18 Å². The molecule has 0 aromatic heterocycles. The predicted octanol–water partition coefficient (Wildman–Crippen LogP) is 4.50. The Morgan fingerprint density at radius 3 is 2.76 bits per heavy atom. The largest absolute Gasteiger partial charge is 0.490 e. The molecule has 0 N–H and O–H groups in total. The predicted molar refractivity (Wildman–Crippen MR) is 109 cm³/mol. The van der Waals surface area contributed by atoms with E-state index in [4.69, 9.17) is 14.2 Å². The number of amides is 1. The Kier molecular flexibility index (Phi) is 6.15. The third-order valence-electron chi connectivity index (χ3n) is 4.77. The van der Waals surface area contributed by atoms with Gasteiger partial charge in [0.25, 0.3) is 0 Å². The van der Waals surface area contributed by atoms with Crippen molar-refractivity contribution in [2.75, 3.05) is 33.4 Å². The van der Waals surface area contributed by atoms with Gasteiger partial charge in [-0.05, 0) is 57.0 Å². The molecule has 1 atom stereocenters. The molecule has 1 aliphatic carbocycles. The lowest BCUT2D eigenvalue weighted by atomic mass is 9.91. The number of hydrogen-bond donors (Lipinski definition) is 0. The molecule has 0 bridgehead atoms. The van der Waals surface area contributed by atoms with Gasteiger partial charge in [-0.25, -0.2) is 9.18 Å². The van der Waals surface area contributed by atoms with Gasteiger partial charge in [-0.15, -0.1) is 5.73 Å². The Bertz CT molecular complexity index is 891. The van der Waals surface area contributed by atoms with Gasteiger partial charge in [0.15, 0.2) is 0 Å². The van der Waals surface area contributed by atoms with E-state index >= 15 is 0 Å². The summed E-state index contributed by atoms with van der Waals surface area (Å²) in [7, 11) is 1.59. The average molecular weight is 401 g/mol. The summed E-state index contributed by atoms with van der Waals surface area (Å²) in [6.45, 7) is 9.23. The molecule has 5 nitrogen and oxygen atoms in total. The van der Waals surface area contributed by atoms with Crippen LogP contribution in [0.5, 0.6) is 5.75 Å². The van der Waals surface area contributed by atoms with E-state index < -0.39 is 5.60 Å². The first-order valence-corrected chi connectivity index (χ1v) is 9.75. The van der Waals surface area contributed by atoms with Crippen LogP contribution < -0.4 is 4.74 Å². The van der Waals surface area contributed by atoms with Crippen LogP contribution in [0.15, 0.2) is 35.6 Å². The van der Waals surface area contributed by atoms with Crippen molar-refractivity contribution in [3.05, 3.63) is 52.5 Å². The van der Waals surface area contributed by atoms with Crippen molar-refractivity contribution in [1.82, 2.24) is 4.90 Å². The van der Waals surface area contributed by atoms with Crippen molar-refractivity contribution in [3.8, 4) is 5.75 Å². The molecule has 3 rings (SSSR count). The van der Waals surface area contributed by atoms with E-state index in [2.05, 4.69) is 5.73 Å². The molecule has 1 heterocycles. The first kappa shape index (κ1) is 21.2. The SMILES string of the molecule is COCCOc1cc(F)cc(C)c1C1=C=CC2CN(C(=O)OC(C)(C)C)CC2=C1. The first-order chi connectivity index (χ1) is 13.7. The van der Waals surface area contributed by atoms with Crippen LogP contribution in [-0.4, -0.2) is 50.0 Å². The molecule has 29 heavy (non-hydrogen) atoms. The summed E-state index contributed by atoms with van der Waals surface area (Å²) in [6, 6.07) is 2.87. The molecule has 1 aromatic rings. The highest BCUT2D eigenvalue weighted by Crippen LogP contribution is 2.36. The van der Waals surface area contributed by atoms with Gasteiger partial charge in [-0.3, -0.25) is 0 Å². The highest BCUT2D eigenvalue weighted by molar-refractivity contribution is 5.82. The van der Waals surface area contributed by atoms with Crippen LogP contribution in [0, 0.1) is 18.7 Å². The van der Waals surface area contributed by atoms with E-state index in [1.54, 1.807) is 12.0 Å². The summed E-state index contributed by atoms with van der Waals surface area (Å²) in [5.74, 6) is 0.235. The van der Waals surface area contributed by atoms with Crippen molar-refractivity contribution in [1.29, 1.82) is 0 Å². The number of likely N-dealkylation sites (tertiary alicyclic amines) is 1. The fourth-order valence-corrected chi connectivity index (χ4v) is 3.50. The Morgan fingerprint density at radius 1 is 1.31 bits per heavy atom. The highest BCUT2D eigenvalue weighted by Gasteiger charge is 2.33. The summed E-state index contributed by atoms with van der Waals surface area (Å²) in [5.41, 5.74) is 6.29. The molecule has 0 spiro atoms. The Labute approximate surface area is 171 Å². The zero-order valence-corrected chi connectivity index (χ0v) is 17.7. The summed E-state index contributed by atoms with van der Waals surface area (Å²) in [6.07, 6.45) is 3.68. The summed E-state index contributed by atoms with van der Waals surface area (Å²) >= 11 is 0. The zero-order valence-electron chi connectivity index (χ0n) is 17.7. The number of carbonyl (C=O) groups excluding carboxylic acids is 1. The monoisotopic (exact) mass is 401 g/mol. The number of rotatable bonds is 5. The molecular formula is C23H28FNO4. The second kappa shape index (κ2) is 8.44. The molecule has 1 fully saturated rings. The zero-order chi connectivity index (χ0) is 21.2. The van der Waals surface area contributed by atoms with Crippen LogP contribution in [0.3, 0.4) is 0 Å². The molecule has 0 saturated carbocycles. The van der Waals surface area contributed by atoms with Gasteiger partial charge in [-0.2, -0.15) is 0 Å². The van der Waals surface area contributed by atoms with E-state index in [1.165, 1.54) is 12.1 Å². The maximum atomic E-state index is 14.0. The molecule has 6 heteroatoms. The minimum absolute atomic E-state index is 0.116. The fraction of sp³-hybridized carbons (Fsp3) is 0.478. The molecule has 0 radical (unpaired) electrons. The third kappa shape index (κ3) is 5.08. The average Bonchev–Trinajstić information content (AvgIpc) is 3.03. The smallest absolute Gasteiger partial charge is 0.410 e. The maximum absolute atomic E-state index is 14.0. The molecule has 1 unspecified atom stereocenters. The molecule has 1 aromatic carbocycles. The number of methoxy groups -OCH3 is 1. The van der Waals surface area contributed by atoms with E-state index in [0.717, 1.165) is 22.3 Å². The standard InChI is InChI=1S/C23H28FNO4/c1-15-10-19(24)12-20(28-9-8-27-5)21(15)16-6-7-17-13-25(14-18(17)11-16)22(26)29-23(2,3)4/h7,10-12,17H,8-9,13-14H2,1-5H3. The van der Waals surface area contributed by atoms with Gasteiger partial charge in [0.2, 0.25) is 0 Å². The number of fused-ring (bicyclic) bond motifs is 1. The van der Waals surface area contributed by atoms with E-state index in [0.29, 0.717) is 32.1 Å². The summed E-state index contributed by atoms with van der Waals surface area (Å²) in [5, 5.41) is 0. The van der Waals surface area contributed by atoms with Gasteiger partial charge < -0.3 is 19.1 Å². The van der Waals surface area contributed by atoms with Crippen LogP contribution in [0.1, 0.15) is 31.9 Å². The van der Waals surface area contributed by atoms with Crippen LogP contribution in [0.25, 0.3) is 5.57 Å². The van der Waals surface area contributed by atoms with E-state index in [1.807, 2.05) is 39.8 Å². The Hall–Kier alpha value is -2.56. The van der Waals surface area contributed by atoms with Crippen LogP contribution in [0.2, 0.25) is 0 Å². The van der Waals surface area contributed by atoms with Crippen molar-refractivity contribution < 1.29 is 23.4 Å². The molecule has 1 aliphatic heterocycles. The number of aryl methyl sites for hydroxylation is 1.